The summed E-state index contributed by atoms with van der Waals surface area (Å²) in [6, 6.07) is 12.0. The van der Waals surface area contributed by atoms with Gasteiger partial charge in [-0.2, -0.15) is 5.26 Å². The maximum absolute atomic E-state index is 12.4. The van der Waals surface area contributed by atoms with Crippen LogP contribution in [0.4, 0.5) is 5.69 Å². The Hall–Kier alpha value is -2.84. The van der Waals surface area contributed by atoms with Crippen molar-refractivity contribution in [2.24, 2.45) is 13.0 Å². The first-order chi connectivity index (χ1) is 13.5. The summed E-state index contributed by atoms with van der Waals surface area (Å²) < 4.78 is 1.66. The molecule has 1 saturated carbocycles. The van der Waals surface area contributed by atoms with Gasteiger partial charge in [0.25, 0.3) is 5.56 Å². The van der Waals surface area contributed by atoms with Crippen molar-refractivity contribution >= 4 is 28.2 Å². The number of pyridine rings is 2. The van der Waals surface area contributed by atoms with Crippen LogP contribution in [-0.4, -0.2) is 15.6 Å². The van der Waals surface area contributed by atoms with Gasteiger partial charge in [0.05, 0.1) is 11.1 Å². The predicted molar refractivity (Wildman–Crippen MR) is 112 cm³/mol. The number of nitrogens with zero attached hydrogens (tertiary/aromatic N) is 3. The van der Waals surface area contributed by atoms with E-state index in [0.717, 1.165) is 27.7 Å². The summed E-state index contributed by atoms with van der Waals surface area (Å²) in [7, 11) is 1.79. The monoisotopic (exact) mass is 392 g/mol. The molecule has 5 nitrogen and oxygen atoms in total. The van der Waals surface area contributed by atoms with Gasteiger partial charge in [0, 0.05) is 36.4 Å². The van der Waals surface area contributed by atoms with E-state index in [1.165, 1.54) is 12.8 Å². The molecule has 0 bridgehead atoms. The van der Waals surface area contributed by atoms with Crippen LogP contribution in [0.15, 0.2) is 41.3 Å². The van der Waals surface area contributed by atoms with E-state index in [-0.39, 0.29) is 10.7 Å². The normalized spacial score (nSPS) is 14.6. The Morgan fingerprint density at radius 2 is 2.14 bits per heavy atom. The molecule has 0 aliphatic heterocycles. The van der Waals surface area contributed by atoms with Gasteiger partial charge in [0.2, 0.25) is 0 Å². The molecule has 3 aromatic rings. The average molecular weight is 393 g/mol. The molecule has 0 unspecified atom stereocenters. The number of rotatable bonds is 5. The van der Waals surface area contributed by atoms with E-state index in [1.54, 1.807) is 23.9 Å². The molecular formula is C22H21ClN4O. The van der Waals surface area contributed by atoms with E-state index in [2.05, 4.69) is 29.4 Å². The van der Waals surface area contributed by atoms with Crippen molar-refractivity contribution in [2.75, 3.05) is 5.32 Å². The fourth-order valence-corrected chi connectivity index (χ4v) is 3.88. The zero-order valence-electron chi connectivity index (χ0n) is 15.9. The van der Waals surface area contributed by atoms with Crippen LogP contribution in [0, 0.1) is 17.2 Å². The Balaban J connectivity index is 1.77. The molecule has 1 aromatic carbocycles. The van der Waals surface area contributed by atoms with E-state index in [1.807, 2.05) is 18.2 Å². The fourth-order valence-electron chi connectivity index (χ4n) is 3.66. The molecule has 1 aliphatic rings. The second-order valence-electron chi connectivity index (χ2n) is 7.50. The van der Waals surface area contributed by atoms with Crippen molar-refractivity contribution in [3.05, 3.63) is 68.7 Å². The van der Waals surface area contributed by atoms with E-state index in [4.69, 9.17) is 11.6 Å². The average Bonchev–Trinajstić information content (AvgIpc) is 3.51. The fraction of sp³-hybridized carbons (Fsp3) is 0.318. The van der Waals surface area contributed by atoms with Crippen LogP contribution in [0.5, 0.6) is 0 Å². The molecule has 1 N–H and O–H groups in total. The minimum absolute atomic E-state index is 0.0292. The second kappa shape index (κ2) is 7.29. The highest BCUT2D eigenvalue weighted by atomic mass is 35.5. The minimum atomic E-state index is -0.0292. The maximum atomic E-state index is 12.4. The Morgan fingerprint density at radius 3 is 2.86 bits per heavy atom. The SMILES string of the molecule is C[C@@H](Nc1cc(=O)n(C)c2ccc(Cc3ccnc(Cl)c3C#N)cc12)C1CC1. The molecular weight excluding hydrogens is 372 g/mol. The largest absolute Gasteiger partial charge is 0.382 e. The summed E-state index contributed by atoms with van der Waals surface area (Å²) in [5.41, 5.74) is 4.02. The Kier molecular flexibility index (Phi) is 4.82. The molecule has 6 heteroatoms. The number of aromatic nitrogens is 2. The number of anilines is 1. The van der Waals surface area contributed by atoms with Crippen LogP contribution in [0.2, 0.25) is 5.15 Å². The number of nitrogens with one attached hydrogen (secondary N) is 1. The molecule has 0 spiro atoms. The summed E-state index contributed by atoms with van der Waals surface area (Å²) >= 11 is 6.07. The number of aryl methyl sites for hydroxylation is 1. The van der Waals surface area contributed by atoms with E-state index < -0.39 is 0 Å². The zero-order valence-corrected chi connectivity index (χ0v) is 16.6. The summed E-state index contributed by atoms with van der Waals surface area (Å²) in [6.45, 7) is 2.17. The van der Waals surface area contributed by atoms with E-state index in [9.17, 15) is 10.1 Å². The van der Waals surface area contributed by atoms with Crippen LogP contribution >= 0.6 is 11.6 Å². The van der Waals surface area contributed by atoms with Gasteiger partial charge < -0.3 is 9.88 Å². The number of nitriles is 1. The molecule has 2 heterocycles. The van der Waals surface area contributed by atoms with Crippen LogP contribution in [0.25, 0.3) is 10.9 Å². The van der Waals surface area contributed by atoms with Gasteiger partial charge in [-0.1, -0.05) is 17.7 Å². The van der Waals surface area contributed by atoms with Crippen LogP contribution in [-0.2, 0) is 13.5 Å². The van der Waals surface area contributed by atoms with E-state index >= 15 is 0 Å². The van der Waals surface area contributed by atoms with Crippen molar-refractivity contribution in [2.45, 2.75) is 32.2 Å². The molecule has 0 amide bonds. The molecule has 28 heavy (non-hydrogen) atoms. The summed E-state index contributed by atoms with van der Waals surface area (Å²) in [6.07, 6.45) is 4.67. The van der Waals surface area contributed by atoms with Crippen LogP contribution < -0.4 is 10.9 Å². The van der Waals surface area contributed by atoms with Gasteiger partial charge in [0.1, 0.15) is 11.2 Å². The lowest BCUT2D eigenvalue weighted by Gasteiger charge is -2.18. The third-order valence-corrected chi connectivity index (χ3v) is 5.81. The number of hydrogen-bond donors (Lipinski definition) is 1. The zero-order chi connectivity index (χ0) is 19.8. The third kappa shape index (κ3) is 3.48. The molecule has 1 fully saturated rings. The smallest absolute Gasteiger partial charge is 0.252 e. The molecule has 4 rings (SSSR count). The van der Waals surface area contributed by atoms with Gasteiger partial charge in [-0.15, -0.1) is 0 Å². The van der Waals surface area contributed by atoms with E-state index in [0.29, 0.717) is 23.9 Å². The number of benzene rings is 1. The molecule has 0 saturated heterocycles. The lowest BCUT2D eigenvalue weighted by atomic mass is 10.00. The van der Waals surface area contributed by atoms with Gasteiger partial charge in [-0.3, -0.25) is 4.79 Å². The van der Waals surface area contributed by atoms with Crippen molar-refractivity contribution in [3.8, 4) is 6.07 Å². The number of hydrogen-bond acceptors (Lipinski definition) is 4. The first kappa shape index (κ1) is 18.5. The summed E-state index contributed by atoms with van der Waals surface area (Å²) in [4.78, 5) is 16.4. The van der Waals surface area contributed by atoms with Crippen molar-refractivity contribution < 1.29 is 0 Å². The summed E-state index contributed by atoms with van der Waals surface area (Å²) in [5, 5.41) is 14.2. The first-order valence-electron chi connectivity index (χ1n) is 9.40. The standard InChI is InChI=1S/C22H21ClN4O/c1-13(15-4-5-15)26-19-11-21(28)27(2)20-6-3-14(10-17(19)20)9-16-7-8-25-22(23)18(16)12-24/h3,6-8,10-11,13,15,26H,4-5,9H2,1-2H3/t13-/m1/s1. The molecule has 1 atom stereocenters. The topological polar surface area (TPSA) is 70.7 Å². The van der Waals surface area contributed by atoms with Crippen molar-refractivity contribution in [1.82, 2.24) is 9.55 Å². The third-order valence-electron chi connectivity index (χ3n) is 5.52. The lowest BCUT2D eigenvalue weighted by Crippen LogP contribution is -2.22. The number of fused-ring (bicyclic) bond motifs is 1. The quantitative estimate of drug-likeness (QED) is 0.658. The van der Waals surface area contributed by atoms with Crippen LogP contribution in [0.3, 0.4) is 0 Å². The van der Waals surface area contributed by atoms with Gasteiger partial charge >= 0.3 is 0 Å². The van der Waals surface area contributed by atoms with Gasteiger partial charge in [0.15, 0.2) is 0 Å². The Morgan fingerprint density at radius 1 is 1.36 bits per heavy atom. The maximum Gasteiger partial charge on any atom is 0.252 e. The first-order valence-corrected chi connectivity index (χ1v) is 9.78. The van der Waals surface area contributed by atoms with Crippen LogP contribution in [0.1, 0.15) is 36.5 Å². The highest BCUT2D eigenvalue weighted by Crippen LogP contribution is 2.35. The highest BCUT2D eigenvalue weighted by molar-refractivity contribution is 6.30. The molecule has 1 aliphatic carbocycles. The molecule has 0 radical (unpaired) electrons. The molecule has 2 aromatic heterocycles. The number of halogens is 1. The minimum Gasteiger partial charge on any atom is -0.382 e. The van der Waals surface area contributed by atoms with Crippen molar-refractivity contribution in [1.29, 1.82) is 5.26 Å². The molecule has 142 valence electrons. The lowest BCUT2D eigenvalue weighted by molar-refractivity contribution is 0.694. The highest BCUT2D eigenvalue weighted by Gasteiger charge is 2.28. The Bertz CT molecular complexity index is 1160. The second-order valence-corrected chi connectivity index (χ2v) is 7.86. The summed E-state index contributed by atoms with van der Waals surface area (Å²) in [5.74, 6) is 0.680. The predicted octanol–water partition coefficient (Wildman–Crippen LogP) is 4.26. The van der Waals surface area contributed by atoms with Gasteiger partial charge in [-0.25, -0.2) is 4.98 Å². The Labute approximate surface area is 168 Å². The van der Waals surface area contributed by atoms with Gasteiger partial charge in [-0.05, 0) is 61.4 Å². The van der Waals surface area contributed by atoms with Crippen molar-refractivity contribution in [3.63, 3.8) is 0 Å².